The minimum atomic E-state index is -4.31. The lowest BCUT2D eigenvalue weighted by atomic mass is 10.1. The fraction of sp³-hybridized carbons (Fsp3) is 0.323. The number of rotatable bonds is 13. The van der Waals surface area contributed by atoms with Crippen LogP contribution < -0.4 is 9.80 Å². The summed E-state index contributed by atoms with van der Waals surface area (Å²) >= 11 is 0. The number of hydrogen-bond donors (Lipinski definition) is 3. The van der Waals surface area contributed by atoms with E-state index in [1.165, 1.54) is 24.3 Å². The van der Waals surface area contributed by atoms with Crippen LogP contribution in [0.15, 0.2) is 94.4 Å². The fourth-order valence-corrected chi connectivity index (χ4v) is 6.58. The average molecular weight is 629 g/mol. The standard InChI is InChI=1S/C31H36N2O8S2/c1-2-32-25(19-23-21-27(42(36,37)38)14-16-29(23)32)11-7-4-3-5-8-12-26-20-24-22-28(43(39,40)41)15-17-30(24)33(26)18-10-6-9-13-31(34)35/h3-5,7-8,11-12,14-17,21-22,26H,2,6,9-10,13,18-20H2,1H3,(H,34,35)(H,36,37,38)(H,39,40,41). The quantitative estimate of drug-likeness (QED) is 0.153. The van der Waals surface area contributed by atoms with E-state index in [4.69, 9.17) is 5.11 Å². The summed E-state index contributed by atoms with van der Waals surface area (Å²) in [6.07, 6.45) is 16.9. The molecular formula is C31H36N2O8S2. The molecule has 0 amide bonds. The minimum Gasteiger partial charge on any atom is -0.481 e. The zero-order valence-corrected chi connectivity index (χ0v) is 25.5. The predicted molar refractivity (Wildman–Crippen MR) is 166 cm³/mol. The van der Waals surface area contributed by atoms with Gasteiger partial charge in [-0.05, 0) is 79.8 Å². The molecule has 0 radical (unpaired) electrons. The summed E-state index contributed by atoms with van der Waals surface area (Å²) in [5, 5.41) is 8.88. The Morgan fingerprint density at radius 2 is 1.49 bits per heavy atom. The van der Waals surface area contributed by atoms with E-state index in [0.29, 0.717) is 32.4 Å². The normalized spacial score (nSPS) is 18.0. The van der Waals surface area contributed by atoms with Gasteiger partial charge in [0.1, 0.15) is 0 Å². The van der Waals surface area contributed by atoms with Crippen molar-refractivity contribution in [3.8, 4) is 0 Å². The molecule has 0 aliphatic carbocycles. The van der Waals surface area contributed by atoms with Gasteiger partial charge in [-0.1, -0.05) is 42.9 Å². The number of likely N-dealkylation sites (N-methyl/N-ethyl adjacent to an activating group) is 1. The number of aliphatic carboxylic acids is 1. The molecule has 0 spiro atoms. The van der Waals surface area contributed by atoms with Crippen molar-refractivity contribution in [1.82, 2.24) is 0 Å². The third-order valence-electron chi connectivity index (χ3n) is 7.52. The van der Waals surface area contributed by atoms with E-state index >= 15 is 0 Å². The second-order valence-corrected chi connectivity index (χ2v) is 13.3. The van der Waals surface area contributed by atoms with E-state index in [1.807, 2.05) is 49.5 Å². The predicted octanol–water partition coefficient (Wildman–Crippen LogP) is 5.19. The molecule has 4 rings (SSSR count). The van der Waals surface area contributed by atoms with E-state index < -0.39 is 26.2 Å². The first-order valence-electron chi connectivity index (χ1n) is 14.1. The number of benzene rings is 2. The maximum atomic E-state index is 11.6. The molecule has 2 aromatic carbocycles. The van der Waals surface area contributed by atoms with Crippen molar-refractivity contribution >= 4 is 37.6 Å². The van der Waals surface area contributed by atoms with E-state index in [2.05, 4.69) is 9.80 Å². The van der Waals surface area contributed by atoms with Gasteiger partial charge in [-0.25, -0.2) is 0 Å². The summed E-state index contributed by atoms with van der Waals surface area (Å²) in [5.74, 6) is -0.813. The molecule has 1 atom stereocenters. The van der Waals surface area contributed by atoms with Crippen molar-refractivity contribution in [2.24, 2.45) is 0 Å². The molecule has 2 aliphatic heterocycles. The average Bonchev–Trinajstić information content (AvgIpc) is 3.47. The van der Waals surface area contributed by atoms with Crippen LogP contribution in [0.5, 0.6) is 0 Å². The highest BCUT2D eigenvalue weighted by Gasteiger charge is 2.28. The molecular weight excluding hydrogens is 592 g/mol. The monoisotopic (exact) mass is 628 g/mol. The van der Waals surface area contributed by atoms with Crippen LogP contribution in [0.2, 0.25) is 0 Å². The second-order valence-electron chi connectivity index (χ2n) is 10.4. The SMILES string of the molecule is CCN1C(=CC=CC=CC=CC2Cc3cc(S(=O)(=O)O)ccc3N2CCCCCC(=O)O)Cc2cc(S(=O)(=O)O)ccc21. The highest BCUT2D eigenvalue weighted by Crippen LogP contribution is 2.36. The summed E-state index contributed by atoms with van der Waals surface area (Å²) in [6.45, 7) is 3.41. The summed E-state index contributed by atoms with van der Waals surface area (Å²) < 4.78 is 65.2. The Morgan fingerprint density at radius 1 is 0.860 bits per heavy atom. The number of carboxylic acid groups (broad SMARTS) is 1. The van der Waals surface area contributed by atoms with E-state index in [9.17, 15) is 30.7 Å². The molecule has 10 nitrogen and oxygen atoms in total. The van der Waals surface area contributed by atoms with E-state index in [0.717, 1.165) is 41.0 Å². The molecule has 2 aliphatic rings. The molecule has 43 heavy (non-hydrogen) atoms. The lowest BCUT2D eigenvalue weighted by Crippen LogP contribution is -2.31. The highest BCUT2D eigenvalue weighted by molar-refractivity contribution is 7.86. The largest absolute Gasteiger partial charge is 0.481 e. The Morgan fingerprint density at radius 3 is 2.14 bits per heavy atom. The number of unbranched alkanes of at least 4 members (excludes halogenated alkanes) is 2. The lowest BCUT2D eigenvalue weighted by Gasteiger charge is -2.25. The van der Waals surface area contributed by atoms with E-state index in [-0.39, 0.29) is 22.3 Å². The summed E-state index contributed by atoms with van der Waals surface area (Å²) in [4.78, 5) is 14.8. The van der Waals surface area contributed by atoms with Crippen LogP contribution in [0.3, 0.4) is 0 Å². The number of allylic oxidation sites excluding steroid dienone is 7. The van der Waals surface area contributed by atoms with Crippen LogP contribution in [0.25, 0.3) is 0 Å². The molecule has 0 saturated carbocycles. The van der Waals surface area contributed by atoms with Gasteiger partial charge in [-0.2, -0.15) is 16.8 Å². The second kappa shape index (κ2) is 13.7. The van der Waals surface area contributed by atoms with Gasteiger partial charge in [-0.15, -0.1) is 0 Å². The third kappa shape index (κ3) is 8.23. The smallest absolute Gasteiger partial charge is 0.303 e. The van der Waals surface area contributed by atoms with Crippen LogP contribution in [-0.2, 0) is 37.9 Å². The summed E-state index contributed by atoms with van der Waals surface area (Å²) in [5.41, 5.74) is 4.49. The third-order valence-corrected chi connectivity index (χ3v) is 9.22. The number of carboxylic acids is 1. The van der Waals surface area contributed by atoms with Crippen LogP contribution in [0.1, 0.15) is 43.7 Å². The molecule has 0 fully saturated rings. The van der Waals surface area contributed by atoms with Gasteiger partial charge in [0, 0.05) is 43.0 Å². The van der Waals surface area contributed by atoms with Gasteiger partial charge in [0.2, 0.25) is 0 Å². The topological polar surface area (TPSA) is 153 Å². The molecule has 0 aromatic heterocycles. The van der Waals surface area contributed by atoms with Gasteiger partial charge in [0.15, 0.2) is 0 Å². The summed E-state index contributed by atoms with van der Waals surface area (Å²) in [7, 11) is -8.57. The first kappa shape index (κ1) is 32.2. The number of nitrogens with zero attached hydrogens (tertiary/aromatic N) is 2. The minimum absolute atomic E-state index is 0.0235. The van der Waals surface area contributed by atoms with Gasteiger partial charge >= 0.3 is 5.97 Å². The molecule has 1 unspecified atom stereocenters. The molecule has 0 bridgehead atoms. The van der Waals surface area contributed by atoms with Crippen LogP contribution in [0.4, 0.5) is 11.4 Å². The zero-order chi connectivity index (χ0) is 31.2. The van der Waals surface area contributed by atoms with Crippen LogP contribution in [-0.4, -0.2) is 56.1 Å². The number of fused-ring (bicyclic) bond motifs is 2. The van der Waals surface area contributed by atoms with Crippen molar-refractivity contribution in [3.05, 3.63) is 95.8 Å². The van der Waals surface area contributed by atoms with Crippen LogP contribution in [0, 0.1) is 0 Å². The Labute approximate surface area is 252 Å². The van der Waals surface area contributed by atoms with Crippen molar-refractivity contribution < 1.29 is 35.8 Å². The maximum Gasteiger partial charge on any atom is 0.303 e. The first-order valence-corrected chi connectivity index (χ1v) is 16.9. The van der Waals surface area contributed by atoms with Crippen molar-refractivity contribution in [2.45, 2.75) is 61.3 Å². The molecule has 0 saturated heterocycles. The highest BCUT2D eigenvalue weighted by atomic mass is 32.2. The molecule has 2 heterocycles. The number of carbonyl (C=O) groups is 1. The Hall–Kier alpha value is -3.71. The van der Waals surface area contributed by atoms with E-state index in [1.54, 1.807) is 12.1 Å². The fourth-order valence-electron chi connectivity index (χ4n) is 5.52. The van der Waals surface area contributed by atoms with Gasteiger partial charge in [0.25, 0.3) is 20.2 Å². The van der Waals surface area contributed by atoms with Crippen molar-refractivity contribution in [2.75, 3.05) is 22.9 Å². The lowest BCUT2D eigenvalue weighted by molar-refractivity contribution is -0.137. The molecule has 2 aromatic rings. The molecule has 3 N–H and O–H groups in total. The van der Waals surface area contributed by atoms with Gasteiger partial charge in [-0.3, -0.25) is 13.9 Å². The molecule has 230 valence electrons. The van der Waals surface area contributed by atoms with Crippen molar-refractivity contribution in [1.29, 1.82) is 0 Å². The Balaban J connectivity index is 1.41. The van der Waals surface area contributed by atoms with Crippen molar-refractivity contribution in [3.63, 3.8) is 0 Å². The van der Waals surface area contributed by atoms with Gasteiger partial charge < -0.3 is 14.9 Å². The first-order chi connectivity index (χ1) is 20.4. The van der Waals surface area contributed by atoms with Gasteiger partial charge in [0.05, 0.1) is 15.8 Å². The number of anilines is 2. The Bertz CT molecular complexity index is 1690. The molecule has 12 heteroatoms. The Kier molecular flexibility index (Phi) is 10.3. The van der Waals surface area contributed by atoms with Crippen LogP contribution >= 0.6 is 0 Å². The maximum absolute atomic E-state index is 11.6. The summed E-state index contributed by atoms with van der Waals surface area (Å²) in [6, 6.07) is 9.21. The zero-order valence-electron chi connectivity index (χ0n) is 23.8. The number of hydrogen-bond acceptors (Lipinski definition) is 7.